The van der Waals surface area contributed by atoms with Crippen LogP contribution in [0.15, 0.2) is 18.2 Å². The predicted octanol–water partition coefficient (Wildman–Crippen LogP) is 0.552. The van der Waals surface area contributed by atoms with Crippen molar-refractivity contribution >= 4 is 29.2 Å². The van der Waals surface area contributed by atoms with Crippen LogP contribution in [-0.2, 0) is 30.3 Å². The molecule has 9 N–H and O–H groups in total. The predicted molar refractivity (Wildman–Crippen MR) is 190 cm³/mol. The van der Waals surface area contributed by atoms with E-state index in [1.807, 2.05) is 0 Å². The highest BCUT2D eigenvalue weighted by molar-refractivity contribution is 6.31. The van der Waals surface area contributed by atoms with Crippen molar-refractivity contribution in [2.45, 2.75) is 114 Å². The smallest absolute Gasteiger partial charge is 0.242 e. The molecule has 2 aromatic rings. The number of rotatable bonds is 12. The number of aliphatic hydroxyl groups excluding tert-OH is 1. The van der Waals surface area contributed by atoms with Crippen LogP contribution in [0.4, 0.5) is 0 Å². The highest BCUT2D eigenvalue weighted by Crippen LogP contribution is 2.52. The van der Waals surface area contributed by atoms with Crippen LogP contribution in [-0.4, -0.2) is 112 Å². The summed E-state index contributed by atoms with van der Waals surface area (Å²) in [4.78, 5) is 67.2. The number of hydrogen-bond acceptors (Lipinski definition) is 14. The quantitative estimate of drug-likeness (QED) is 0.0930. The number of methoxy groups -OCH3 is 1. The van der Waals surface area contributed by atoms with Gasteiger partial charge < -0.3 is 56.3 Å². The summed E-state index contributed by atoms with van der Waals surface area (Å²) in [6.45, 7) is 3.82. The number of unbranched alkanes of at least 4 members (excludes halogenated alkanes) is 1. The molecule has 2 amide bonds. The zero-order valence-electron chi connectivity index (χ0n) is 30.5. The molecule has 2 aliphatic carbocycles. The lowest BCUT2D eigenvalue weighted by molar-refractivity contribution is -0.249. The van der Waals surface area contributed by atoms with Gasteiger partial charge in [-0.2, -0.15) is 0 Å². The van der Waals surface area contributed by atoms with Gasteiger partial charge in [-0.25, -0.2) is 0 Å². The van der Waals surface area contributed by atoms with Crippen LogP contribution in [0.2, 0.25) is 0 Å². The van der Waals surface area contributed by atoms with Gasteiger partial charge in [0.05, 0.1) is 48.1 Å². The molecule has 0 radical (unpaired) electrons. The fourth-order valence-electron chi connectivity index (χ4n) is 7.99. The third-order valence-electron chi connectivity index (χ3n) is 11.0. The summed E-state index contributed by atoms with van der Waals surface area (Å²) in [5.74, 6) is -4.34. The van der Waals surface area contributed by atoms with Crippen molar-refractivity contribution in [2.24, 2.45) is 5.73 Å². The molecule has 4 aliphatic rings. The first-order valence-electron chi connectivity index (χ1n) is 18.3. The SMILES string of the molecule is COc1cccc2c1C(=O)c1c(O)c3c(c(O)c1C2=O)CC(O)(C(C)=O)CC3OC1CC(NC(=O)C(CCCCN)NC(=O)C2CCCN2)C(O)C(C)O1. The Morgan fingerprint density at radius 1 is 1.11 bits per heavy atom. The third-order valence-corrected chi connectivity index (χ3v) is 11.0. The van der Waals surface area contributed by atoms with Gasteiger partial charge in [0, 0.05) is 36.0 Å². The summed E-state index contributed by atoms with van der Waals surface area (Å²) in [5.41, 5.74) is 2.15. The normalized spacial score (nSPS) is 28.0. The van der Waals surface area contributed by atoms with Crippen molar-refractivity contribution in [3.8, 4) is 17.2 Å². The average Bonchev–Trinajstić information content (AvgIpc) is 3.69. The molecule has 2 fully saturated rings. The molecule has 2 aliphatic heterocycles. The molecule has 54 heavy (non-hydrogen) atoms. The maximum atomic E-state index is 14.0. The number of aliphatic hydroxyl groups is 2. The Morgan fingerprint density at radius 2 is 1.85 bits per heavy atom. The Hall–Kier alpha value is -4.45. The summed E-state index contributed by atoms with van der Waals surface area (Å²) in [6.07, 6.45) is -2.80. The minimum Gasteiger partial charge on any atom is -0.507 e. The number of nitrogens with one attached hydrogen (secondary N) is 3. The summed E-state index contributed by atoms with van der Waals surface area (Å²) >= 11 is 0. The maximum absolute atomic E-state index is 14.0. The van der Waals surface area contributed by atoms with Crippen LogP contribution in [0.5, 0.6) is 17.2 Å². The first kappa shape index (κ1) is 39.2. The molecule has 8 atom stereocenters. The number of carbonyl (C=O) groups excluding carboxylic acids is 5. The van der Waals surface area contributed by atoms with Crippen molar-refractivity contribution in [3.05, 3.63) is 51.6 Å². The number of ether oxygens (including phenoxy) is 3. The second-order valence-electron chi connectivity index (χ2n) is 14.6. The molecule has 0 spiro atoms. The molecule has 0 bridgehead atoms. The van der Waals surface area contributed by atoms with E-state index >= 15 is 0 Å². The van der Waals surface area contributed by atoms with Gasteiger partial charge in [-0.15, -0.1) is 0 Å². The number of aromatic hydroxyl groups is 2. The lowest BCUT2D eigenvalue weighted by atomic mass is 9.72. The van der Waals surface area contributed by atoms with Crippen LogP contribution in [0.3, 0.4) is 0 Å². The molecule has 2 saturated heterocycles. The fourth-order valence-corrected chi connectivity index (χ4v) is 7.99. The number of carbonyl (C=O) groups is 5. The fraction of sp³-hybridized carbons (Fsp3) is 0.553. The number of nitrogens with two attached hydrogens (primary N) is 1. The van der Waals surface area contributed by atoms with E-state index in [9.17, 15) is 44.4 Å². The molecule has 8 unspecified atom stereocenters. The number of Topliss-reactive ketones (excluding diaryl/α,β-unsaturated/α-hetero) is 1. The second kappa shape index (κ2) is 15.7. The minimum atomic E-state index is -2.12. The van der Waals surface area contributed by atoms with Gasteiger partial charge in [-0.05, 0) is 65.1 Å². The zero-order valence-corrected chi connectivity index (χ0v) is 30.5. The number of benzene rings is 2. The summed E-state index contributed by atoms with van der Waals surface area (Å²) in [6, 6.07) is 2.10. The van der Waals surface area contributed by atoms with E-state index in [4.69, 9.17) is 19.9 Å². The van der Waals surface area contributed by atoms with Crippen molar-refractivity contribution in [1.29, 1.82) is 0 Å². The van der Waals surface area contributed by atoms with Gasteiger partial charge in [0.2, 0.25) is 17.6 Å². The maximum Gasteiger partial charge on any atom is 0.242 e. The van der Waals surface area contributed by atoms with E-state index in [0.29, 0.717) is 38.8 Å². The Bertz CT molecular complexity index is 1840. The molecule has 16 nitrogen and oxygen atoms in total. The molecule has 2 aromatic carbocycles. The van der Waals surface area contributed by atoms with E-state index < -0.39 is 107 Å². The van der Waals surface area contributed by atoms with Gasteiger partial charge in [0.1, 0.15) is 35.0 Å². The van der Waals surface area contributed by atoms with E-state index in [1.165, 1.54) is 25.3 Å². The molecular weight excluding hydrogens is 704 g/mol. The zero-order chi connectivity index (χ0) is 39.1. The topological polar surface area (TPSA) is 256 Å². The Morgan fingerprint density at radius 3 is 2.52 bits per heavy atom. The number of ketones is 3. The first-order chi connectivity index (χ1) is 25.7. The molecular formula is C38H48N4O12. The van der Waals surface area contributed by atoms with Crippen LogP contribution >= 0.6 is 0 Å². The molecule has 292 valence electrons. The van der Waals surface area contributed by atoms with E-state index in [0.717, 1.165) is 13.3 Å². The minimum absolute atomic E-state index is 0.0560. The Kier molecular flexibility index (Phi) is 11.4. The third kappa shape index (κ3) is 7.21. The Balaban J connectivity index is 1.30. The average molecular weight is 753 g/mol. The van der Waals surface area contributed by atoms with Gasteiger partial charge in [-0.3, -0.25) is 24.0 Å². The van der Waals surface area contributed by atoms with Crippen molar-refractivity contribution in [3.63, 3.8) is 0 Å². The standard InChI is InChI=1S/C38H48N4O12/c1-17-31(44)23(42-37(50)22(9-4-5-12-39)41-36(49)21-10-7-13-40-21)14-26(53-17)54-25-16-38(51,18(2)43)15-20-28(25)35(48)30-29(33(20)46)32(45)19-8-6-11-24(52-3)27(19)34(30)47/h6,8,11,17,21-23,25-26,31,40,44,46,48,51H,4-5,7,9-10,12-16,39H2,1-3H3,(H,41,49)(H,42,50). The largest absolute Gasteiger partial charge is 0.507 e. The Labute approximate surface area is 311 Å². The van der Waals surface area contributed by atoms with Crippen LogP contribution in [0.1, 0.15) is 108 Å². The van der Waals surface area contributed by atoms with Gasteiger partial charge in [-0.1, -0.05) is 12.1 Å². The second-order valence-corrected chi connectivity index (χ2v) is 14.6. The van der Waals surface area contributed by atoms with Crippen molar-refractivity contribution < 1.29 is 58.6 Å². The van der Waals surface area contributed by atoms with Crippen molar-refractivity contribution in [2.75, 3.05) is 20.2 Å². The van der Waals surface area contributed by atoms with Gasteiger partial charge in [0.15, 0.2) is 17.9 Å². The van der Waals surface area contributed by atoms with Crippen molar-refractivity contribution in [1.82, 2.24) is 16.0 Å². The lowest BCUT2D eigenvalue weighted by Crippen LogP contribution is -2.59. The van der Waals surface area contributed by atoms with Crippen LogP contribution in [0.25, 0.3) is 0 Å². The van der Waals surface area contributed by atoms with Gasteiger partial charge >= 0.3 is 0 Å². The highest BCUT2D eigenvalue weighted by atomic mass is 16.7. The molecule has 0 aromatic heterocycles. The molecule has 0 saturated carbocycles. The number of phenols is 2. The van der Waals surface area contributed by atoms with E-state index in [-0.39, 0.29) is 40.3 Å². The summed E-state index contributed by atoms with van der Waals surface area (Å²) in [7, 11) is 1.32. The molecule has 16 heteroatoms. The number of hydrogen-bond donors (Lipinski definition) is 8. The number of amides is 2. The summed E-state index contributed by atoms with van der Waals surface area (Å²) in [5, 5.41) is 54.9. The monoisotopic (exact) mass is 752 g/mol. The van der Waals surface area contributed by atoms with Gasteiger partial charge in [0.25, 0.3) is 0 Å². The summed E-state index contributed by atoms with van der Waals surface area (Å²) < 4.78 is 17.6. The molecule has 2 heterocycles. The van der Waals surface area contributed by atoms with E-state index in [2.05, 4.69) is 16.0 Å². The van der Waals surface area contributed by atoms with E-state index in [1.54, 1.807) is 6.92 Å². The van der Waals surface area contributed by atoms with Crippen LogP contribution < -0.4 is 26.4 Å². The number of fused-ring (bicyclic) bond motifs is 3. The molecule has 6 rings (SSSR count). The lowest BCUT2D eigenvalue weighted by Gasteiger charge is -2.43. The highest BCUT2D eigenvalue weighted by Gasteiger charge is 2.50. The van der Waals surface area contributed by atoms with Crippen LogP contribution in [0, 0.1) is 0 Å². The first-order valence-corrected chi connectivity index (χ1v) is 18.3. The number of phenolic OH excluding ortho intramolecular Hbond substituents is 2.